The second-order valence-corrected chi connectivity index (χ2v) is 5.34. The third-order valence-electron chi connectivity index (χ3n) is 3.79. The summed E-state index contributed by atoms with van der Waals surface area (Å²) in [5.41, 5.74) is 3.08. The van der Waals surface area contributed by atoms with Crippen molar-refractivity contribution in [3.05, 3.63) is 54.1 Å². The number of hydrogen-bond donors (Lipinski definition) is 1. The number of hydrogen-bond acceptors (Lipinski definition) is 2. The molecule has 0 saturated carbocycles. The number of rotatable bonds is 3. The highest BCUT2D eigenvalue weighted by Crippen LogP contribution is 2.28. The van der Waals surface area contributed by atoms with Crippen LogP contribution in [-0.2, 0) is 0 Å². The molecular formula is C17H16F3NO. The second kappa shape index (κ2) is 6.01. The molecule has 0 aromatic heterocycles. The standard InChI is InChI=1S/C17H16F3NO/c18-17(19,20)22-15-9-7-13(8-10-15)12-3-5-14(6-4-12)16-2-1-11-21-16/h3-10,16,21H,1-2,11H2. The minimum atomic E-state index is -4.66. The van der Waals surface area contributed by atoms with E-state index in [4.69, 9.17) is 0 Å². The average molecular weight is 307 g/mol. The van der Waals surface area contributed by atoms with Crippen LogP contribution in [0.1, 0.15) is 24.4 Å². The maximum atomic E-state index is 12.1. The van der Waals surface area contributed by atoms with Crippen LogP contribution in [0.15, 0.2) is 48.5 Å². The van der Waals surface area contributed by atoms with E-state index in [1.54, 1.807) is 12.1 Å². The smallest absolute Gasteiger partial charge is 0.406 e. The summed E-state index contributed by atoms with van der Waals surface area (Å²) in [6.07, 6.45) is -2.33. The fourth-order valence-corrected chi connectivity index (χ4v) is 2.73. The van der Waals surface area contributed by atoms with E-state index in [0.717, 1.165) is 24.1 Å². The summed E-state index contributed by atoms with van der Waals surface area (Å²) in [5, 5.41) is 3.44. The average Bonchev–Trinajstić information content (AvgIpc) is 3.01. The third kappa shape index (κ3) is 3.60. The second-order valence-electron chi connectivity index (χ2n) is 5.34. The zero-order chi connectivity index (χ0) is 15.6. The maximum absolute atomic E-state index is 12.1. The summed E-state index contributed by atoms with van der Waals surface area (Å²) >= 11 is 0. The molecule has 1 aliphatic rings. The number of alkyl halides is 3. The Hall–Kier alpha value is -2.01. The van der Waals surface area contributed by atoms with Crippen molar-refractivity contribution in [3.63, 3.8) is 0 Å². The predicted octanol–water partition coefficient (Wildman–Crippen LogP) is 4.68. The summed E-state index contributed by atoms with van der Waals surface area (Å²) in [7, 11) is 0. The van der Waals surface area contributed by atoms with Crippen molar-refractivity contribution in [3.8, 4) is 16.9 Å². The lowest BCUT2D eigenvalue weighted by atomic mass is 10.00. The molecule has 2 aromatic carbocycles. The van der Waals surface area contributed by atoms with Gasteiger partial charge in [0.1, 0.15) is 5.75 Å². The molecule has 0 spiro atoms. The van der Waals surface area contributed by atoms with E-state index in [1.165, 1.54) is 24.1 Å². The van der Waals surface area contributed by atoms with Crippen molar-refractivity contribution in [1.29, 1.82) is 0 Å². The molecule has 0 aliphatic carbocycles. The number of ether oxygens (including phenoxy) is 1. The van der Waals surface area contributed by atoms with Crippen molar-refractivity contribution >= 4 is 0 Å². The molecule has 1 atom stereocenters. The highest BCUT2D eigenvalue weighted by molar-refractivity contribution is 5.64. The molecule has 1 aliphatic heterocycles. The Morgan fingerprint density at radius 1 is 0.909 bits per heavy atom. The van der Waals surface area contributed by atoms with Gasteiger partial charge in [-0.3, -0.25) is 0 Å². The molecular weight excluding hydrogens is 291 g/mol. The molecule has 1 heterocycles. The molecule has 1 unspecified atom stereocenters. The van der Waals surface area contributed by atoms with E-state index in [9.17, 15) is 13.2 Å². The molecule has 116 valence electrons. The van der Waals surface area contributed by atoms with Gasteiger partial charge in [-0.25, -0.2) is 0 Å². The number of benzene rings is 2. The van der Waals surface area contributed by atoms with Crippen LogP contribution in [0.2, 0.25) is 0 Å². The van der Waals surface area contributed by atoms with Crippen LogP contribution in [0, 0.1) is 0 Å². The first kappa shape index (κ1) is 14.9. The van der Waals surface area contributed by atoms with Gasteiger partial charge < -0.3 is 10.1 Å². The molecule has 0 amide bonds. The topological polar surface area (TPSA) is 21.3 Å². The van der Waals surface area contributed by atoms with Gasteiger partial charge in [0, 0.05) is 6.04 Å². The van der Waals surface area contributed by atoms with Gasteiger partial charge in [0.05, 0.1) is 0 Å². The molecule has 22 heavy (non-hydrogen) atoms. The van der Waals surface area contributed by atoms with Crippen LogP contribution in [0.3, 0.4) is 0 Å². The molecule has 2 nitrogen and oxygen atoms in total. The van der Waals surface area contributed by atoms with E-state index in [2.05, 4.69) is 22.2 Å². The van der Waals surface area contributed by atoms with Gasteiger partial charge in [-0.05, 0) is 48.2 Å². The van der Waals surface area contributed by atoms with E-state index in [-0.39, 0.29) is 5.75 Å². The third-order valence-corrected chi connectivity index (χ3v) is 3.79. The lowest BCUT2D eigenvalue weighted by Gasteiger charge is -2.12. The van der Waals surface area contributed by atoms with Crippen LogP contribution in [0.25, 0.3) is 11.1 Å². The summed E-state index contributed by atoms with van der Waals surface area (Å²) in [4.78, 5) is 0. The molecule has 3 rings (SSSR count). The van der Waals surface area contributed by atoms with Gasteiger partial charge in [0.2, 0.25) is 0 Å². The fraction of sp³-hybridized carbons (Fsp3) is 0.294. The van der Waals surface area contributed by atoms with E-state index < -0.39 is 6.36 Å². The zero-order valence-electron chi connectivity index (χ0n) is 11.9. The summed E-state index contributed by atoms with van der Waals surface area (Å²) in [5.74, 6) is -0.206. The molecule has 1 saturated heterocycles. The van der Waals surface area contributed by atoms with Gasteiger partial charge in [-0.1, -0.05) is 36.4 Å². The number of nitrogens with one attached hydrogen (secondary N) is 1. The van der Waals surface area contributed by atoms with Crippen molar-refractivity contribution in [2.75, 3.05) is 6.54 Å². The first-order valence-electron chi connectivity index (χ1n) is 7.21. The zero-order valence-corrected chi connectivity index (χ0v) is 11.9. The lowest BCUT2D eigenvalue weighted by Crippen LogP contribution is -2.16. The van der Waals surface area contributed by atoms with Crippen molar-refractivity contribution < 1.29 is 17.9 Å². The van der Waals surface area contributed by atoms with Crippen LogP contribution >= 0.6 is 0 Å². The Morgan fingerprint density at radius 2 is 1.50 bits per heavy atom. The molecule has 1 fully saturated rings. The summed E-state index contributed by atoms with van der Waals surface area (Å²) in [6, 6.07) is 14.5. The molecule has 0 radical (unpaired) electrons. The summed E-state index contributed by atoms with van der Waals surface area (Å²) < 4.78 is 40.3. The predicted molar refractivity (Wildman–Crippen MR) is 78.5 cm³/mol. The number of halogens is 3. The first-order chi connectivity index (χ1) is 10.5. The van der Waals surface area contributed by atoms with Gasteiger partial charge in [-0.15, -0.1) is 13.2 Å². The Bertz CT molecular complexity index is 614. The molecule has 2 aromatic rings. The Labute approximate surface area is 126 Å². The van der Waals surface area contributed by atoms with Crippen molar-refractivity contribution in [2.24, 2.45) is 0 Å². The monoisotopic (exact) mass is 307 g/mol. The normalized spacial score (nSPS) is 18.4. The highest BCUT2D eigenvalue weighted by atomic mass is 19.4. The minimum Gasteiger partial charge on any atom is -0.406 e. The van der Waals surface area contributed by atoms with Gasteiger partial charge >= 0.3 is 6.36 Å². The quantitative estimate of drug-likeness (QED) is 0.889. The van der Waals surface area contributed by atoms with E-state index >= 15 is 0 Å². The molecule has 1 N–H and O–H groups in total. The highest BCUT2D eigenvalue weighted by Gasteiger charge is 2.30. The van der Waals surface area contributed by atoms with Gasteiger partial charge in [0.25, 0.3) is 0 Å². The van der Waals surface area contributed by atoms with Gasteiger partial charge in [0.15, 0.2) is 0 Å². The Morgan fingerprint density at radius 3 is 2.00 bits per heavy atom. The van der Waals surface area contributed by atoms with E-state index in [1.807, 2.05) is 12.1 Å². The SMILES string of the molecule is FC(F)(F)Oc1ccc(-c2ccc(C3CCCN3)cc2)cc1. The van der Waals surface area contributed by atoms with Gasteiger partial charge in [-0.2, -0.15) is 0 Å². The van der Waals surface area contributed by atoms with Crippen molar-refractivity contribution in [1.82, 2.24) is 5.32 Å². The van der Waals surface area contributed by atoms with Crippen LogP contribution in [0.5, 0.6) is 5.75 Å². The fourth-order valence-electron chi connectivity index (χ4n) is 2.73. The van der Waals surface area contributed by atoms with Crippen LogP contribution in [0.4, 0.5) is 13.2 Å². The lowest BCUT2D eigenvalue weighted by molar-refractivity contribution is -0.274. The Balaban J connectivity index is 1.73. The maximum Gasteiger partial charge on any atom is 0.573 e. The van der Waals surface area contributed by atoms with Crippen LogP contribution in [-0.4, -0.2) is 12.9 Å². The van der Waals surface area contributed by atoms with E-state index in [0.29, 0.717) is 6.04 Å². The summed E-state index contributed by atoms with van der Waals surface area (Å²) in [6.45, 7) is 1.05. The minimum absolute atomic E-state index is 0.206. The molecule has 5 heteroatoms. The van der Waals surface area contributed by atoms with Crippen molar-refractivity contribution in [2.45, 2.75) is 25.2 Å². The molecule has 0 bridgehead atoms. The first-order valence-corrected chi connectivity index (χ1v) is 7.21. The largest absolute Gasteiger partial charge is 0.573 e. The van der Waals surface area contributed by atoms with Crippen LogP contribution < -0.4 is 10.1 Å². The Kier molecular flexibility index (Phi) is 4.07.